The molecule has 0 aromatic heterocycles. The Bertz CT molecular complexity index is 697. The van der Waals surface area contributed by atoms with Gasteiger partial charge in [0.25, 0.3) is 5.69 Å². The topological polar surface area (TPSA) is 104 Å². The molecule has 7 nitrogen and oxygen atoms in total. The van der Waals surface area contributed by atoms with Crippen LogP contribution in [0.1, 0.15) is 18.9 Å². The Morgan fingerprint density at radius 1 is 1.48 bits per heavy atom. The summed E-state index contributed by atoms with van der Waals surface area (Å²) in [5.41, 5.74) is -0.141. The summed E-state index contributed by atoms with van der Waals surface area (Å²) < 4.78 is 26.2. The zero-order valence-electron chi connectivity index (χ0n) is 11.5. The Labute approximate surface area is 127 Å². The number of sulfonamides is 1. The van der Waals surface area contributed by atoms with E-state index in [9.17, 15) is 18.5 Å². The van der Waals surface area contributed by atoms with E-state index in [2.05, 4.69) is 0 Å². The van der Waals surface area contributed by atoms with E-state index in [0.717, 1.165) is 10.4 Å². The van der Waals surface area contributed by atoms with Crippen LogP contribution in [0, 0.1) is 28.4 Å². The molecule has 114 valence electrons. The molecule has 1 aromatic rings. The summed E-state index contributed by atoms with van der Waals surface area (Å²) in [6.07, 6.45) is 0.0435. The van der Waals surface area contributed by atoms with Crippen LogP contribution in [0.3, 0.4) is 0 Å². The molecule has 0 fully saturated rings. The number of nitrogens with zero attached hydrogens (tertiary/aromatic N) is 3. The van der Waals surface area contributed by atoms with E-state index in [1.165, 1.54) is 13.0 Å². The van der Waals surface area contributed by atoms with Gasteiger partial charge in [0.2, 0.25) is 10.0 Å². The third kappa shape index (κ3) is 3.69. The van der Waals surface area contributed by atoms with E-state index >= 15 is 0 Å². The highest BCUT2D eigenvalue weighted by Gasteiger charge is 2.28. The fourth-order valence-corrected chi connectivity index (χ4v) is 3.79. The lowest BCUT2D eigenvalue weighted by Gasteiger charge is -2.20. The Hall–Kier alpha value is -1.69. The first-order valence-corrected chi connectivity index (χ1v) is 7.89. The van der Waals surface area contributed by atoms with Crippen molar-refractivity contribution in [3.05, 3.63) is 32.8 Å². The Morgan fingerprint density at radius 3 is 2.57 bits per heavy atom. The summed E-state index contributed by atoms with van der Waals surface area (Å²) >= 11 is 5.75. The number of nitriles is 1. The number of aryl methyl sites for hydroxylation is 1. The van der Waals surface area contributed by atoms with Gasteiger partial charge in [0, 0.05) is 25.6 Å². The van der Waals surface area contributed by atoms with Crippen molar-refractivity contribution in [2.45, 2.75) is 25.2 Å². The summed E-state index contributed by atoms with van der Waals surface area (Å²) in [6.45, 7) is 3.35. The second-order valence-electron chi connectivity index (χ2n) is 4.23. The molecular formula is C12H14ClN3O4S. The van der Waals surface area contributed by atoms with Crippen LogP contribution < -0.4 is 0 Å². The standard InChI is InChI=1S/C12H14ClN3O4S/c1-3-15(6-4-5-14)21(19,20)12-8-11(16(17)18)10(13)7-9(12)2/h7-8H,3-4,6H2,1-2H3. The normalized spacial score (nSPS) is 11.4. The van der Waals surface area contributed by atoms with E-state index in [0.29, 0.717) is 5.56 Å². The van der Waals surface area contributed by atoms with Gasteiger partial charge >= 0.3 is 0 Å². The van der Waals surface area contributed by atoms with Gasteiger partial charge < -0.3 is 0 Å². The van der Waals surface area contributed by atoms with Gasteiger partial charge in [-0.15, -0.1) is 0 Å². The molecule has 21 heavy (non-hydrogen) atoms. The molecule has 0 saturated heterocycles. The fourth-order valence-electron chi connectivity index (χ4n) is 1.82. The highest BCUT2D eigenvalue weighted by atomic mass is 35.5. The Morgan fingerprint density at radius 2 is 2.10 bits per heavy atom. The maximum Gasteiger partial charge on any atom is 0.289 e. The Kier molecular flexibility index (Phi) is 5.66. The SMILES string of the molecule is CCN(CCC#N)S(=O)(=O)c1cc([N+](=O)[O-])c(Cl)cc1C. The second-order valence-corrected chi connectivity index (χ2v) is 6.54. The highest BCUT2D eigenvalue weighted by molar-refractivity contribution is 7.89. The van der Waals surface area contributed by atoms with Crippen LogP contribution in [0.15, 0.2) is 17.0 Å². The van der Waals surface area contributed by atoms with Crippen LogP contribution in [0.25, 0.3) is 0 Å². The van der Waals surface area contributed by atoms with Crippen molar-refractivity contribution in [1.82, 2.24) is 4.31 Å². The van der Waals surface area contributed by atoms with Gasteiger partial charge in [-0.25, -0.2) is 8.42 Å². The number of benzene rings is 1. The minimum absolute atomic E-state index is 0.0329. The number of nitro groups is 1. The molecule has 0 radical (unpaired) electrons. The van der Waals surface area contributed by atoms with Gasteiger partial charge in [0.1, 0.15) is 5.02 Å². The molecule has 0 aliphatic rings. The molecule has 0 aliphatic heterocycles. The highest BCUT2D eigenvalue weighted by Crippen LogP contribution is 2.31. The van der Waals surface area contributed by atoms with Crippen molar-refractivity contribution in [3.63, 3.8) is 0 Å². The van der Waals surface area contributed by atoms with Gasteiger partial charge in [-0.05, 0) is 18.6 Å². The molecule has 0 unspecified atom stereocenters. The van der Waals surface area contributed by atoms with Crippen LogP contribution in [-0.2, 0) is 10.0 Å². The molecule has 0 bridgehead atoms. The maximum absolute atomic E-state index is 12.5. The first-order valence-electron chi connectivity index (χ1n) is 6.07. The molecular weight excluding hydrogens is 318 g/mol. The summed E-state index contributed by atoms with van der Waals surface area (Å²) in [5.74, 6) is 0. The third-order valence-corrected chi connectivity index (χ3v) is 5.30. The molecule has 0 aliphatic carbocycles. The minimum Gasteiger partial charge on any atom is -0.258 e. The van der Waals surface area contributed by atoms with Crippen LogP contribution in [0.2, 0.25) is 5.02 Å². The van der Waals surface area contributed by atoms with E-state index < -0.39 is 20.6 Å². The zero-order valence-corrected chi connectivity index (χ0v) is 13.1. The largest absolute Gasteiger partial charge is 0.289 e. The van der Waals surface area contributed by atoms with Crippen molar-refractivity contribution in [2.24, 2.45) is 0 Å². The molecule has 0 N–H and O–H groups in total. The third-order valence-electron chi connectivity index (χ3n) is 2.88. The lowest BCUT2D eigenvalue weighted by molar-refractivity contribution is -0.384. The van der Waals surface area contributed by atoms with Crippen LogP contribution in [0.4, 0.5) is 5.69 Å². The number of hydrogen-bond acceptors (Lipinski definition) is 5. The van der Waals surface area contributed by atoms with Gasteiger partial charge in [-0.2, -0.15) is 9.57 Å². The minimum atomic E-state index is -3.91. The number of rotatable bonds is 6. The smallest absolute Gasteiger partial charge is 0.258 e. The Balaban J connectivity index is 3.40. The van der Waals surface area contributed by atoms with E-state index in [1.807, 2.05) is 6.07 Å². The predicted octanol–water partition coefficient (Wildman–Crippen LogP) is 2.48. The van der Waals surface area contributed by atoms with E-state index in [1.54, 1.807) is 6.92 Å². The van der Waals surface area contributed by atoms with Crippen LogP contribution >= 0.6 is 11.6 Å². The average molecular weight is 332 g/mol. The molecule has 0 amide bonds. The molecule has 0 spiro atoms. The molecule has 9 heteroatoms. The first kappa shape index (κ1) is 17.4. The molecule has 0 saturated carbocycles. The fraction of sp³-hybridized carbons (Fsp3) is 0.417. The summed E-state index contributed by atoms with van der Waals surface area (Å²) in [4.78, 5) is 10.00. The van der Waals surface area contributed by atoms with Gasteiger partial charge in [0.05, 0.1) is 15.9 Å². The summed E-state index contributed by atoms with van der Waals surface area (Å²) in [7, 11) is -3.91. The van der Waals surface area contributed by atoms with Crippen molar-refractivity contribution < 1.29 is 13.3 Å². The predicted molar refractivity (Wildman–Crippen MR) is 77.5 cm³/mol. The zero-order chi connectivity index (χ0) is 16.2. The molecule has 0 atom stereocenters. The monoisotopic (exact) mass is 331 g/mol. The average Bonchev–Trinajstić information content (AvgIpc) is 2.38. The number of hydrogen-bond donors (Lipinski definition) is 0. The van der Waals surface area contributed by atoms with E-state index in [4.69, 9.17) is 16.9 Å². The lowest BCUT2D eigenvalue weighted by Crippen LogP contribution is -2.32. The summed E-state index contributed by atoms with van der Waals surface area (Å²) in [5, 5.41) is 19.4. The first-order chi connectivity index (χ1) is 9.75. The van der Waals surface area contributed by atoms with Crippen molar-refractivity contribution in [3.8, 4) is 6.07 Å². The number of nitro benzene ring substituents is 1. The lowest BCUT2D eigenvalue weighted by atomic mass is 10.2. The van der Waals surface area contributed by atoms with Crippen molar-refractivity contribution >= 4 is 27.3 Å². The number of halogens is 1. The second kappa shape index (κ2) is 6.85. The van der Waals surface area contributed by atoms with Crippen LogP contribution in [-0.4, -0.2) is 30.7 Å². The van der Waals surface area contributed by atoms with Gasteiger partial charge in [-0.1, -0.05) is 18.5 Å². The maximum atomic E-state index is 12.5. The van der Waals surface area contributed by atoms with Gasteiger partial charge in [-0.3, -0.25) is 10.1 Å². The van der Waals surface area contributed by atoms with Crippen molar-refractivity contribution in [1.29, 1.82) is 5.26 Å². The quantitative estimate of drug-likeness (QED) is 0.588. The molecule has 0 heterocycles. The summed E-state index contributed by atoms with van der Waals surface area (Å²) in [6, 6.07) is 4.09. The van der Waals surface area contributed by atoms with Crippen LogP contribution in [0.5, 0.6) is 0 Å². The van der Waals surface area contributed by atoms with Gasteiger partial charge in [0.15, 0.2) is 0 Å². The molecule has 1 rings (SSSR count). The van der Waals surface area contributed by atoms with E-state index in [-0.39, 0.29) is 29.4 Å². The molecule has 1 aromatic carbocycles. The van der Waals surface area contributed by atoms with Crippen molar-refractivity contribution in [2.75, 3.05) is 13.1 Å².